The molecule has 2 aromatic rings. The Hall–Kier alpha value is -1.29. The van der Waals surface area contributed by atoms with Gasteiger partial charge in [-0.1, -0.05) is 35.3 Å². The summed E-state index contributed by atoms with van der Waals surface area (Å²) in [6, 6.07) is 13.0. The van der Waals surface area contributed by atoms with E-state index in [0.717, 1.165) is 11.0 Å². The summed E-state index contributed by atoms with van der Waals surface area (Å²) in [7, 11) is -3.47. The van der Waals surface area contributed by atoms with Crippen molar-refractivity contribution in [3.05, 3.63) is 69.5 Å². The molecule has 19 heavy (non-hydrogen) atoms. The summed E-state index contributed by atoms with van der Waals surface area (Å²) in [5.41, 5.74) is 0.727. The standard InChI is InChI=1S/C14H10Cl2O2S/c15-12-4-6-14(7-5-12)19(17,18)9-8-11-2-1-3-13(16)10-11/h1-10H/b9-8+. The number of benzene rings is 2. The first-order chi connectivity index (χ1) is 8.97. The fourth-order valence-corrected chi connectivity index (χ4v) is 2.81. The molecule has 0 saturated carbocycles. The molecular weight excluding hydrogens is 303 g/mol. The normalized spacial score (nSPS) is 11.9. The van der Waals surface area contributed by atoms with Crippen LogP contribution in [0, 0.1) is 0 Å². The zero-order valence-electron chi connectivity index (χ0n) is 9.75. The van der Waals surface area contributed by atoms with E-state index in [0.29, 0.717) is 10.0 Å². The fraction of sp³-hybridized carbons (Fsp3) is 0. The Bertz CT molecular complexity index is 704. The molecule has 0 unspecified atom stereocenters. The number of hydrogen-bond donors (Lipinski definition) is 0. The molecule has 0 fully saturated rings. The molecule has 0 atom stereocenters. The molecule has 0 amide bonds. The molecule has 0 N–H and O–H groups in total. The van der Waals surface area contributed by atoms with Crippen molar-refractivity contribution in [3.8, 4) is 0 Å². The number of rotatable bonds is 3. The summed E-state index contributed by atoms with van der Waals surface area (Å²) in [5.74, 6) is 0. The van der Waals surface area contributed by atoms with Crippen LogP contribution in [-0.2, 0) is 9.84 Å². The van der Waals surface area contributed by atoms with Crippen molar-refractivity contribution < 1.29 is 8.42 Å². The third kappa shape index (κ3) is 3.83. The van der Waals surface area contributed by atoms with Crippen molar-refractivity contribution >= 4 is 39.1 Å². The summed E-state index contributed by atoms with van der Waals surface area (Å²) in [5, 5.41) is 2.21. The summed E-state index contributed by atoms with van der Waals surface area (Å²) >= 11 is 11.6. The van der Waals surface area contributed by atoms with E-state index in [1.165, 1.54) is 18.2 Å². The lowest BCUT2D eigenvalue weighted by Crippen LogP contribution is -1.95. The minimum absolute atomic E-state index is 0.204. The van der Waals surface area contributed by atoms with Gasteiger partial charge >= 0.3 is 0 Å². The van der Waals surface area contributed by atoms with E-state index in [2.05, 4.69) is 0 Å². The van der Waals surface area contributed by atoms with Crippen LogP contribution in [0.15, 0.2) is 58.8 Å². The lowest BCUT2D eigenvalue weighted by Gasteiger charge is -1.99. The summed E-state index contributed by atoms with van der Waals surface area (Å²) in [4.78, 5) is 0.204. The summed E-state index contributed by atoms with van der Waals surface area (Å²) < 4.78 is 24.1. The van der Waals surface area contributed by atoms with E-state index in [4.69, 9.17) is 23.2 Å². The predicted octanol–water partition coefficient (Wildman–Crippen LogP) is 4.44. The van der Waals surface area contributed by atoms with Crippen LogP contribution < -0.4 is 0 Å². The molecule has 0 spiro atoms. The monoisotopic (exact) mass is 312 g/mol. The van der Waals surface area contributed by atoms with E-state index in [1.807, 2.05) is 0 Å². The highest BCUT2D eigenvalue weighted by molar-refractivity contribution is 7.94. The Labute approximate surface area is 122 Å². The molecule has 0 aliphatic carbocycles. The van der Waals surface area contributed by atoms with Gasteiger partial charge in [-0.25, -0.2) is 8.42 Å². The Morgan fingerprint density at radius 1 is 0.895 bits per heavy atom. The highest BCUT2D eigenvalue weighted by Gasteiger charge is 2.09. The number of hydrogen-bond acceptors (Lipinski definition) is 2. The van der Waals surface area contributed by atoms with Gasteiger partial charge in [0.2, 0.25) is 0 Å². The minimum Gasteiger partial charge on any atom is -0.219 e. The largest absolute Gasteiger partial charge is 0.219 e. The zero-order valence-corrected chi connectivity index (χ0v) is 12.1. The third-order valence-electron chi connectivity index (χ3n) is 2.43. The summed E-state index contributed by atoms with van der Waals surface area (Å²) in [6.45, 7) is 0. The van der Waals surface area contributed by atoms with Crippen LogP contribution in [0.3, 0.4) is 0 Å². The van der Waals surface area contributed by atoms with Gasteiger partial charge in [-0.3, -0.25) is 0 Å². The minimum atomic E-state index is -3.47. The van der Waals surface area contributed by atoms with E-state index in [-0.39, 0.29) is 4.90 Å². The number of halogens is 2. The maximum absolute atomic E-state index is 12.0. The van der Waals surface area contributed by atoms with Crippen LogP contribution in [0.4, 0.5) is 0 Å². The molecule has 0 heterocycles. The highest BCUT2D eigenvalue weighted by Crippen LogP contribution is 2.18. The van der Waals surface area contributed by atoms with Gasteiger partial charge < -0.3 is 0 Å². The molecule has 0 aromatic heterocycles. The van der Waals surface area contributed by atoms with Gasteiger partial charge in [-0.2, -0.15) is 0 Å². The van der Waals surface area contributed by atoms with Gasteiger partial charge in [-0.05, 0) is 48.0 Å². The molecule has 0 aliphatic rings. The fourth-order valence-electron chi connectivity index (χ4n) is 1.48. The van der Waals surface area contributed by atoms with Crippen LogP contribution >= 0.6 is 23.2 Å². The topological polar surface area (TPSA) is 34.1 Å². The third-order valence-corrected chi connectivity index (χ3v) is 4.34. The van der Waals surface area contributed by atoms with E-state index >= 15 is 0 Å². The first-order valence-electron chi connectivity index (χ1n) is 5.42. The lowest BCUT2D eigenvalue weighted by atomic mass is 10.2. The van der Waals surface area contributed by atoms with Gasteiger partial charge in [0.05, 0.1) is 4.90 Å². The lowest BCUT2D eigenvalue weighted by molar-refractivity contribution is 0.605. The molecule has 98 valence electrons. The van der Waals surface area contributed by atoms with Gasteiger partial charge in [0, 0.05) is 15.5 Å². The van der Waals surface area contributed by atoms with E-state index < -0.39 is 9.84 Å². The molecule has 0 radical (unpaired) electrons. The summed E-state index contributed by atoms with van der Waals surface area (Å²) in [6.07, 6.45) is 1.51. The van der Waals surface area contributed by atoms with Gasteiger partial charge in [0.15, 0.2) is 9.84 Å². The smallest absolute Gasteiger partial charge is 0.199 e. The van der Waals surface area contributed by atoms with Crippen LogP contribution in [0.5, 0.6) is 0 Å². The molecule has 0 saturated heterocycles. The average molecular weight is 313 g/mol. The molecule has 0 aliphatic heterocycles. The van der Waals surface area contributed by atoms with Crippen molar-refractivity contribution in [1.29, 1.82) is 0 Å². The van der Waals surface area contributed by atoms with Gasteiger partial charge in [-0.15, -0.1) is 0 Å². The van der Waals surface area contributed by atoms with Crippen LogP contribution in [0.1, 0.15) is 5.56 Å². The van der Waals surface area contributed by atoms with Gasteiger partial charge in [0.1, 0.15) is 0 Å². The molecule has 2 rings (SSSR count). The van der Waals surface area contributed by atoms with Crippen molar-refractivity contribution in [2.24, 2.45) is 0 Å². The Morgan fingerprint density at radius 3 is 2.21 bits per heavy atom. The average Bonchev–Trinajstić information content (AvgIpc) is 2.37. The molecular formula is C14H10Cl2O2S. The Morgan fingerprint density at radius 2 is 1.58 bits per heavy atom. The van der Waals surface area contributed by atoms with Crippen LogP contribution in [0.2, 0.25) is 10.0 Å². The zero-order chi connectivity index (χ0) is 13.9. The second-order valence-electron chi connectivity index (χ2n) is 3.86. The van der Waals surface area contributed by atoms with Crippen LogP contribution in [0.25, 0.3) is 6.08 Å². The molecule has 2 nitrogen and oxygen atoms in total. The Kier molecular flexibility index (Phi) is 4.30. The van der Waals surface area contributed by atoms with Crippen molar-refractivity contribution in [3.63, 3.8) is 0 Å². The van der Waals surface area contributed by atoms with E-state index in [9.17, 15) is 8.42 Å². The Balaban J connectivity index is 2.29. The molecule has 2 aromatic carbocycles. The maximum Gasteiger partial charge on any atom is 0.199 e. The van der Waals surface area contributed by atoms with Gasteiger partial charge in [0.25, 0.3) is 0 Å². The van der Waals surface area contributed by atoms with Crippen molar-refractivity contribution in [2.75, 3.05) is 0 Å². The van der Waals surface area contributed by atoms with Crippen molar-refractivity contribution in [2.45, 2.75) is 4.90 Å². The van der Waals surface area contributed by atoms with Crippen LogP contribution in [-0.4, -0.2) is 8.42 Å². The molecule has 5 heteroatoms. The quantitative estimate of drug-likeness (QED) is 0.839. The van der Waals surface area contributed by atoms with E-state index in [1.54, 1.807) is 36.4 Å². The highest BCUT2D eigenvalue weighted by atomic mass is 35.5. The predicted molar refractivity (Wildman–Crippen MR) is 79.1 cm³/mol. The number of sulfone groups is 1. The second-order valence-corrected chi connectivity index (χ2v) is 6.56. The van der Waals surface area contributed by atoms with Crippen molar-refractivity contribution in [1.82, 2.24) is 0 Å². The SMILES string of the molecule is O=S(=O)(/C=C/c1cccc(Cl)c1)c1ccc(Cl)cc1. The maximum atomic E-state index is 12.0. The second kappa shape index (κ2) is 5.78. The first kappa shape index (κ1) is 14.1. The molecule has 0 bridgehead atoms. The first-order valence-corrected chi connectivity index (χ1v) is 7.72.